The molecule has 0 aromatic heterocycles. The van der Waals surface area contributed by atoms with Crippen LogP contribution in [0, 0.1) is 0 Å². The van der Waals surface area contributed by atoms with Crippen molar-refractivity contribution < 1.29 is 13.2 Å². The minimum Gasteiger partial charge on any atom is -0.324 e. The first-order chi connectivity index (χ1) is 15.2. The molecule has 0 radical (unpaired) electrons. The lowest BCUT2D eigenvalue weighted by Crippen LogP contribution is -2.37. The van der Waals surface area contributed by atoms with Crippen LogP contribution in [0.25, 0.3) is 0 Å². The second-order valence-corrected chi connectivity index (χ2v) is 10.8. The summed E-state index contributed by atoms with van der Waals surface area (Å²) in [6, 6.07) is 17.9. The van der Waals surface area contributed by atoms with Gasteiger partial charge in [0.2, 0.25) is 15.9 Å². The Bertz CT molecular complexity index is 1220. The molecule has 168 valence electrons. The highest BCUT2D eigenvalue weighted by molar-refractivity contribution is 7.98. The molecule has 3 rings (SSSR count). The van der Waals surface area contributed by atoms with Crippen molar-refractivity contribution >= 4 is 68.2 Å². The lowest BCUT2D eigenvalue weighted by atomic mass is 10.2. The molecule has 5 nitrogen and oxygen atoms in total. The first-order valence-corrected chi connectivity index (χ1v) is 13.1. The minimum absolute atomic E-state index is 0.0271. The average Bonchev–Trinajstić information content (AvgIpc) is 2.76. The Kier molecular flexibility index (Phi) is 8.49. The van der Waals surface area contributed by atoms with E-state index in [1.807, 2.05) is 18.4 Å². The molecular weight excluding hydrogens is 511 g/mol. The number of hydrogen-bond acceptors (Lipinski definition) is 4. The summed E-state index contributed by atoms with van der Waals surface area (Å²) in [5, 5.41) is 3.86. The zero-order valence-electron chi connectivity index (χ0n) is 16.9. The summed E-state index contributed by atoms with van der Waals surface area (Å²) in [4.78, 5) is 13.7. The average molecular weight is 530 g/mol. The third-order valence-electron chi connectivity index (χ3n) is 4.50. The van der Waals surface area contributed by atoms with Crippen molar-refractivity contribution in [2.45, 2.75) is 16.3 Å². The van der Waals surface area contributed by atoms with E-state index in [-0.39, 0.29) is 11.4 Å². The molecular formula is C22H19Cl3N2O3S2. The molecule has 0 aliphatic rings. The molecule has 0 atom stereocenters. The van der Waals surface area contributed by atoms with E-state index in [4.69, 9.17) is 34.8 Å². The number of para-hydroxylation sites is 1. The molecule has 0 aliphatic heterocycles. The lowest BCUT2D eigenvalue weighted by Gasteiger charge is -2.22. The number of carbonyl (C=O) groups is 1. The van der Waals surface area contributed by atoms with Gasteiger partial charge in [0.15, 0.2) is 0 Å². The van der Waals surface area contributed by atoms with Gasteiger partial charge >= 0.3 is 0 Å². The fraction of sp³-hybridized carbons (Fsp3) is 0.136. The van der Waals surface area contributed by atoms with Gasteiger partial charge in [-0.25, -0.2) is 8.42 Å². The molecule has 0 fully saturated rings. The van der Waals surface area contributed by atoms with Gasteiger partial charge in [-0.15, -0.1) is 11.8 Å². The maximum atomic E-state index is 13.4. The van der Waals surface area contributed by atoms with Gasteiger partial charge in [0.1, 0.15) is 0 Å². The molecule has 3 aromatic rings. The van der Waals surface area contributed by atoms with E-state index in [0.717, 1.165) is 9.20 Å². The SMILES string of the molecule is CSc1ccccc1NC(=O)CN(Cc1ccc(Cl)c(Cl)c1)S(=O)(=O)c1ccc(Cl)cc1. The first kappa shape index (κ1) is 24.9. The van der Waals surface area contributed by atoms with Crippen LogP contribution in [0.2, 0.25) is 15.1 Å². The number of hydrogen-bond donors (Lipinski definition) is 1. The number of rotatable bonds is 8. The molecule has 0 aliphatic carbocycles. The largest absolute Gasteiger partial charge is 0.324 e. The summed E-state index contributed by atoms with van der Waals surface area (Å²) < 4.78 is 27.8. The standard InChI is InChI=1S/C22H19Cl3N2O3S2/c1-31-21-5-3-2-4-20(21)26-22(28)14-27(13-15-6-11-18(24)19(25)12-15)32(29,30)17-9-7-16(23)8-10-17/h2-12H,13-14H2,1H3,(H,26,28). The molecule has 0 spiro atoms. The van der Waals surface area contributed by atoms with Gasteiger partial charge in [0.05, 0.1) is 27.2 Å². The zero-order valence-corrected chi connectivity index (χ0v) is 20.8. The van der Waals surface area contributed by atoms with Crippen molar-refractivity contribution in [2.24, 2.45) is 0 Å². The van der Waals surface area contributed by atoms with E-state index >= 15 is 0 Å². The molecule has 0 heterocycles. The number of amides is 1. The van der Waals surface area contributed by atoms with Crippen LogP contribution in [-0.4, -0.2) is 31.4 Å². The van der Waals surface area contributed by atoms with Crippen molar-refractivity contribution in [3.05, 3.63) is 87.4 Å². The number of carbonyl (C=O) groups excluding carboxylic acids is 1. The third kappa shape index (κ3) is 6.19. The Labute approximate surface area is 206 Å². The zero-order chi connectivity index (χ0) is 23.3. The number of sulfonamides is 1. The van der Waals surface area contributed by atoms with Gasteiger partial charge in [-0.1, -0.05) is 53.0 Å². The maximum absolute atomic E-state index is 13.4. The summed E-state index contributed by atoms with van der Waals surface area (Å²) in [5.74, 6) is -0.468. The van der Waals surface area contributed by atoms with Crippen LogP contribution in [0.5, 0.6) is 0 Å². The Balaban J connectivity index is 1.91. The summed E-state index contributed by atoms with van der Waals surface area (Å²) >= 11 is 19.5. The van der Waals surface area contributed by atoms with Gasteiger partial charge in [-0.05, 0) is 60.4 Å². The van der Waals surface area contributed by atoms with Gasteiger partial charge < -0.3 is 5.32 Å². The van der Waals surface area contributed by atoms with Crippen molar-refractivity contribution in [3.63, 3.8) is 0 Å². The monoisotopic (exact) mass is 528 g/mol. The number of anilines is 1. The quantitative estimate of drug-likeness (QED) is 0.353. The fourth-order valence-corrected chi connectivity index (χ4v) is 5.31. The normalized spacial score (nSPS) is 11.5. The summed E-state index contributed by atoms with van der Waals surface area (Å²) in [5.41, 5.74) is 1.21. The fourth-order valence-electron chi connectivity index (χ4n) is 2.92. The summed E-state index contributed by atoms with van der Waals surface area (Å²) in [7, 11) is -4.01. The van der Waals surface area contributed by atoms with E-state index in [1.54, 1.807) is 30.3 Å². The van der Waals surface area contributed by atoms with Crippen LogP contribution in [0.15, 0.2) is 76.5 Å². The predicted molar refractivity (Wildman–Crippen MR) is 132 cm³/mol. The van der Waals surface area contributed by atoms with E-state index in [9.17, 15) is 13.2 Å². The van der Waals surface area contributed by atoms with Gasteiger partial charge in [0.25, 0.3) is 0 Å². The van der Waals surface area contributed by atoms with E-state index < -0.39 is 22.5 Å². The number of thioether (sulfide) groups is 1. The lowest BCUT2D eigenvalue weighted by molar-refractivity contribution is -0.116. The molecule has 1 amide bonds. The van der Waals surface area contributed by atoms with Crippen LogP contribution in [0.3, 0.4) is 0 Å². The van der Waals surface area contributed by atoms with Crippen molar-refractivity contribution in [3.8, 4) is 0 Å². The number of nitrogens with zero attached hydrogens (tertiary/aromatic N) is 1. The van der Waals surface area contributed by atoms with E-state index in [1.165, 1.54) is 36.0 Å². The van der Waals surface area contributed by atoms with Crippen molar-refractivity contribution in [1.82, 2.24) is 4.31 Å². The van der Waals surface area contributed by atoms with Crippen LogP contribution in [0.1, 0.15) is 5.56 Å². The molecule has 1 N–H and O–H groups in total. The van der Waals surface area contributed by atoms with E-state index in [2.05, 4.69) is 5.32 Å². The van der Waals surface area contributed by atoms with Crippen LogP contribution < -0.4 is 5.32 Å². The highest BCUT2D eigenvalue weighted by Gasteiger charge is 2.27. The summed E-state index contributed by atoms with van der Waals surface area (Å²) in [6.45, 7) is -0.465. The molecule has 3 aromatic carbocycles. The number of halogens is 3. The maximum Gasteiger partial charge on any atom is 0.243 e. The van der Waals surface area contributed by atoms with E-state index in [0.29, 0.717) is 26.3 Å². The Hall–Kier alpha value is -1.74. The first-order valence-electron chi connectivity index (χ1n) is 9.33. The highest BCUT2D eigenvalue weighted by Crippen LogP contribution is 2.27. The van der Waals surface area contributed by atoms with Crippen LogP contribution in [-0.2, 0) is 21.4 Å². The Morgan fingerprint density at radius 1 is 0.969 bits per heavy atom. The van der Waals surface area contributed by atoms with Gasteiger partial charge in [-0.2, -0.15) is 4.31 Å². The van der Waals surface area contributed by atoms with Crippen LogP contribution >= 0.6 is 46.6 Å². The number of benzene rings is 3. The highest BCUT2D eigenvalue weighted by atomic mass is 35.5. The minimum atomic E-state index is -4.01. The molecule has 0 saturated carbocycles. The predicted octanol–water partition coefficient (Wildman–Crippen LogP) is 6.20. The van der Waals surface area contributed by atoms with Gasteiger partial charge in [-0.3, -0.25) is 4.79 Å². The molecule has 0 unspecified atom stereocenters. The molecule has 10 heteroatoms. The smallest absolute Gasteiger partial charge is 0.243 e. The topological polar surface area (TPSA) is 66.5 Å². The molecule has 0 bridgehead atoms. The Morgan fingerprint density at radius 3 is 2.31 bits per heavy atom. The van der Waals surface area contributed by atoms with Gasteiger partial charge in [0, 0.05) is 16.5 Å². The van der Waals surface area contributed by atoms with Crippen molar-refractivity contribution in [2.75, 3.05) is 18.1 Å². The molecule has 32 heavy (non-hydrogen) atoms. The third-order valence-corrected chi connectivity index (χ3v) is 8.09. The molecule has 0 saturated heterocycles. The second kappa shape index (κ2) is 10.9. The summed E-state index contributed by atoms with van der Waals surface area (Å²) in [6.07, 6.45) is 1.90. The Morgan fingerprint density at radius 2 is 1.66 bits per heavy atom. The second-order valence-electron chi connectivity index (χ2n) is 6.72. The number of nitrogens with one attached hydrogen (secondary N) is 1. The van der Waals surface area contributed by atoms with Crippen molar-refractivity contribution in [1.29, 1.82) is 0 Å². The van der Waals surface area contributed by atoms with Crippen LogP contribution in [0.4, 0.5) is 5.69 Å².